The van der Waals surface area contributed by atoms with Crippen LogP contribution in [0.5, 0.6) is 0 Å². The lowest BCUT2D eigenvalue weighted by Gasteiger charge is -2.19. The SMILES string of the molecule is CC(C)(C)OC(=O)CSc1nnc(Cc2cccc3ccccc23)n1N. The molecule has 0 aliphatic rings. The topological polar surface area (TPSA) is 83.0 Å². The van der Waals surface area contributed by atoms with E-state index in [0.29, 0.717) is 17.4 Å². The molecule has 7 heteroatoms. The number of carbonyl (C=O) groups is 1. The number of esters is 1. The Morgan fingerprint density at radius 3 is 2.65 bits per heavy atom. The van der Waals surface area contributed by atoms with E-state index in [1.54, 1.807) is 0 Å². The fourth-order valence-electron chi connectivity index (χ4n) is 2.64. The molecule has 0 bridgehead atoms. The fourth-order valence-corrected chi connectivity index (χ4v) is 3.29. The number of nitrogens with zero attached hydrogens (tertiary/aromatic N) is 3. The molecule has 0 aliphatic heterocycles. The third-order valence-corrected chi connectivity index (χ3v) is 4.62. The monoisotopic (exact) mass is 370 g/mol. The standard InChI is InChI=1S/C19H22N4O2S/c1-19(2,3)25-17(24)12-26-18-22-21-16(23(18)20)11-14-9-6-8-13-7-4-5-10-15(13)14/h4-10H,11-12,20H2,1-3H3. The molecule has 26 heavy (non-hydrogen) atoms. The Hall–Kier alpha value is -2.54. The maximum absolute atomic E-state index is 11.8. The van der Waals surface area contributed by atoms with Crippen molar-refractivity contribution in [3.8, 4) is 0 Å². The van der Waals surface area contributed by atoms with Crippen LogP contribution in [-0.2, 0) is 16.0 Å². The Morgan fingerprint density at radius 1 is 1.15 bits per heavy atom. The van der Waals surface area contributed by atoms with Crippen molar-refractivity contribution in [2.75, 3.05) is 11.6 Å². The molecule has 0 aliphatic carbocycles. The number of carbonyl (C=O) groups excluding carboxylic acids is 1. The summed E-state index contributed by atoms with van der Waals surface area (Å²) in [5.41, 5.74) is 0.624. The third-order valence-electron chi connectivity index (χ3n) is 3.70. The van der Waals surface area contributed by atoms with Crippen molar-refractivity contribution in [2.24, 2.45) is 0 Å². The van der Waals surface area contributed by atoms with Crippen molar-refractivity contribution in [2.45, 2.75) is 37.9 Å². The minimum atomic E-state index is -0.506. The van der Waals surface area contributed by atoms with Gasteiger partial charge in [0.05, 0.1) is 5.75 Å². The van der Waals surface area contributed by atoms with Crippen molar-refractivity contribution < 1.29 is 9.53 Å². The molecule has 6 nitrogen and oxygen atoms in total. The van der Waals surface area contributed by atoms with E-state index < -0.39 is 5.60 Å². The van der Waals surface area contributed by atoms with Crippen LogP contribution in [-0.4, -0.2) is 32.2 Å². The predicted octanol–water partition coefficient (Wildman–Crippen LogP) is 3.17. The van der Waals surface area contributed by atoms with Crippen molar-refractivity contribution in [1.29, 1.82) is 0 Å². The summed E-state index contributed by atoms with van der Waals surface area (Å²) < 4.78 is 6.73. The summed E-state index contributed by atoms with van der Waals surface area (Å²) in [6.45, 7) is 5.51. The number of rotatable bonds is 5. The van der Waals surface area contributed by atoms with Gasteiger partial charge in [0.15, 0.2) is 5.82 Å². The van der Waals surface area contributed by atoms with Crippen LogP contribution in [0.25, 0.3) is 10.8 Å². The van der Waals surface area contributed by atoms with Gasteiger partial charge in [-0.2, -0.15) is 0 Å². The van der Waals surface area contributed by atoms with Crippen LogP contribution in [0.2, 0.25) is 0 Å². The highest BCUT2D eigenvalue weighted by atomic mass is 32.2. The van der Waals surface area contributed by atoms with E-state index in [9.17, 15) is 4.79 Å². The van der Waals surface area contributed by atoms with E-state index in [1.165, 1.54) is 27.2 Å². The Morgan fingerprint density at radius 2 is 1.88 bits per heavy atom. The number of aromatic nitrogens is 3. The highest BCUT2D eigenvalue weighted by molar-refractivity contribution is 7.99. The number of benzene rings is 2. The number of ether oxygens (including phenoxy) is 1. The highest BCUT2D eigenvalue weighted by Gasteiger charge is 2.18. The van der Waals surface area contributed by atoms with Gasteiger partial charge in [0.1, 0.15) is 5.60 Å². The first kappa shape index (κ1) is 18.3. The summed E-state index contributed by atoms with van der Waals surface area (Å²) in [5.74, 6) is 6.61. The number of fused-ring (bicyclic) bond motifs is 1. The number of nitrogens with two attached hydrogens (primary N) is 1. The van der Waals surface area contributed by atoms with Crippen LogP contribution < -0.4 is 5.84 Å². The zero-order valence-electron chi connectivity index (χ0n) is 15.1. The summed E-state index contributed by atoms with van der Waals surface area (Å²) in [6.07, 6.45) is 0.567. The Kier molecular flexibility index (Phi) is 5.18. The van der Waals surface area contributed by atoms with E-state index in [-0.39, 0.29) is 11.7 Å². The first-order chi connectivity index (χ1) is 12.3. The molecule has 2 aromatic carbocycles. The molecule has 0 saturated heterocycles. The molecule has 3 rings (SSSR count). The van der Waals surface area contributed by atoms with E-state index in [0.717, 1.165) is 5.56 Å². The number of nitrogen functional groups attached to an aromatic ring is 1. The largest absolute Gasteiger partial charge is 0.459 e. The zero-order valence-corrected chi connectivity index (χ0v) is 15.9. The maximum Gasteiger partial charge on any atom is 0.316 e. The Bertz CT molecular complexity index is 925. The van der Waals surface area contributed by atoms with Gasteiger partial charge in [-0.25, -0.2) is 4.68 Å². The van der Waals surface area contributed by atoms with Crippen molar-refractivity contribution >= 4 is 28.5 Å². The van der Waals surface area contributed by atoms with Gasteiger partial charge in [-0.3, -0.25) is 4.79 Å². The molecule has 1 heterocycles. The average molecular weight is 370 g/mol. The van der Waals surface area contributed by atoms with Gasteiger partial charge in [0, 0.05) is 6.42 Å². The maximum atomic E-state index is 11.8. The quantitative estimate of drug-likeness (QED) is 0.422. The third kappa shape index (κ3) is 4.35. The van der Waals surface area contributed by atoms with Crippen LogP contribution in [0.1, 0.15) is 32.2 Å². The molecule has 3 aromatic rings. The Labute approximate surface area is 156 Å². The second-order valence-electron chi connectivity index (χ2n) is 6.96. The molecule has 0 radical (unpaired) electrons. The molecule has 0 atom stereocenters. The van der Waals surface area contributed by atoms with Gasteiger partial charge in [-0.1, -0.05) is 54.2 Å². The van der Waals surface area contributed by atoms with Gasteiger partial charge in [-0.15, -0.1) is 10.2 Å². The second-order valence-corrected chi connectivity index (χ2v) is 7.90. The van der Waals surface area contributed by atoms with Gasteiger partial charge in [0.25, 0.3) is 0 Å². The van der Waals surface area contributed by atoms with Crippen LogP contribution in [0.4, 0.5) is 0 Å². The molecule has 0 spiro atoms. The molecule has 2 N–H and O–H groups in total. The van der Waals surface area contributed by atoms with Gasteiger partial charge >= 0.3 is 5.97 Å². The molecular formula is C19H22N4O2S. The zero-order chi connectivity index (χ0) is 18.7. The van der Waals surface area contributed by atoms with Gasteiger partial charge in [-0.05, 0) is 37.1 Å². The van der Waals surface area contributed by atoms with Gasteiger partial charge in [0.2, 0.25) is 5.16 Å². The number of hydrogen-bond donors (Lipinski definition) is 1. The fraction of sp³-hybridized carbons (Fsp3) is 0.316. The molecule has 1 aromatic heterocycles. The number of thioether (sulfide) groups is 1. The lowest BCUT2D eigenvalue weighted by atomic mass is 10.0. The minimum Gasteiger partial charge on any atom is -0.459 e. The van der Waals surface area contributed by atoms with Crippen molar-refractivity contribution in [1.82, 2.24) is 14.9 Å². The Balaban J connectivity index is 1.72. The molecule has 0 unspecified atom stereocenters. The minimum absolute atomic E-state index is 0.140. The number of hydrogen-bond acceptors (Lipinski definition) is 6. The molecule has 136 valence electrons. The van der Waals surface area contributed by atoms with Crippen LogP contribution in [0.15, 0.2) is 47.6 Å². The second kappa shape index (κ2) is 7.37. The van der Waals surface area contributed by atoms with Crippen molar-refractivity contribution in [3.05, 3.63) is 53.9 Å². The van der Waals surface area contributed by atoms with Crippen molar-refractivity contribution in [3.63, 3.8) is 0 Å². The average Bonchev–Trinajstić information content (AvgIpc) is 2.92. The molecule has 0 saturated carbocycles. The van der Waals surface area contributed by atoms with Crippen LogP contribution in [0, 0.1) is 0 Å². The normalized spacial score (nSPS) is 11.7. The van der Waals surface area contributed by atoms with Crippen LogP contribution in [0.3, 0.4) is 0 Å². The molecule has 0 fully saturated rings. The first-order valence-electron chi connectivity index (χ1n) is 8.34. The van der Waals surface area contributed by atoms with Crippen LogP contribution >= 0.6 is 11.8 Å². The van der Waals surface area contributed by atoms with E-state index in [4.69, 9.17) is 10.6 Å². The molecular weight excluding hydrogens is 348 g/mol. The van der Waals surface area contributed by atoms with E-state index in [1.807, 2.05) is 39.0 Å². The van der Waals surface area contributed by atoms with E-state index in [2.05, 4.69) is 34.5 Å². The first-order valence-corrected chi connectivity index (χ1v) is 9.33. The lowest BCUT2D eigenvalue weighted by molar-refractivity contribution is -0.151. The summed E-state index contributed by atoms with van der Waals surface area (Å²) in [7, 11) is 0. The van der Waals surface area contributed by atoms with E-state index >= 15 is 0 Å². The van der Waals surface area contributed by atoms with Gasteiger partial charge < -0.3 is 10.6 Å². The summed E-state index contributed by atoms with van der Waals surface area (Å²) in [4.78, 5) is 11.8. The summed E-state index contributed by atoms with van der Waals surface area (Å²) in [5, 5.41) is 11.1. The highest BCUT2D eigenvalue weighted by Crippen LogP contribution is 2.22. The lowest BCUT2D eigenvalue weighted by Crippen LogP contribution is -2.25. The molecule has 0 amide bonds. The predicted molar refractivity (Wildman–Crippen MR) is 103 cm³/mol. The summed E-state index contributed by atoms with van der Waals surface area (Å²) in [6, 6.07) is 14.4. The summed E-state index contributed by atoms with van der Waals surface area (Å²) >= 11 is 1.22. The smallest absolute Gasteiger partial charge is 0.316 e.